The lowest BCUT2D eigenvalue weighted by molar-refractivity contribution is -0.161. The van der Waals surface area contributed by atoms with Crippen LogP contribution in [0.3, 0.4) is 0 Å². The molecule has 1 aromatic heterocycles. The Bertz CT molecular complexity index is 1500. The summed E-state index contributed by atoms with van der Waals surface area (Å²) in [4.78, 5) is 20.4. The first kappa shape index (κ1) is 26.1. The van der Waals surface area contributed by atoms with Crippen LogP contribution in [0.4, 0.5) is 10.1 Å². The van der Waals surface area contributed by atoms with Crippen molar-refractivity contribution in [1.29, 1.82) is 10.5 Å². The lowest BCUT2D eigenvalue weighted by Gasteiger charge is -2.55. The summed E-state index contributed by atoms with van der Waals surface area (Å²) in [5.41, 5.74) is 1.23. The van der Waals surface area contributed by atoms with Crippen molar-refractivity contribution in [3.63, 3.8) is 0 Å². The van der Waals surface area contributed by atoms with E-state index in [0.29, 0.717) is 41.3 Å². The molecule has 9 heteroatoms. The number of piperidine rings is 1. The van der Waals surface area contributed by atoms with E-state index in [2.05, 4.69) is 16.0 Å². The van der Waals surface area contributed by atoms with Gasteiger partial charge in [-0.2, -0.15) is 10.5 Å². The molecule has 2 aliphatic heterocycles. The van der Waals surface area contributed by atoms with Gasteiger partial charge in [-0.15, -0.1) is 0 Å². The minimum atomic E-state index is -1.35. The molecule has 1 N–H and O–H groups in total. The molecule has 39 heavy (non-hydrogen) atoms. The van der Waals surface area contributed by atoms with E-state index in [1.165, 1.54) is 32.2 Å². The van der Waals surface area contributed by atoms with Gasteiger partial charge in [0.2, 0.25) is 0 Å². The smallest absolute Gasteiger partial charge is 0.253 e. The Labute approximate surface area is 226 Å². The van der Waals surface area contributed by atoms with E-state index in [-0.39, 0.29) is 16.9 Å². The predicted octanol–water partition coefficient (Wildman–Crippen LogP) is 4.62. The molecular formula is C30H28FN5O3. The molecule has 1 amide bonds. The second-order valence-corrected chi connectivity index (χ2v) is 10.8. The van der Waals surface area contributed by atoms with Crippen LogP contribution in [-0.4, -0.2) is 52.7 Å². The van der Waals surface area contributed by atoms with Crippen molar-refractivity contribution in [3.8, 4) is 34.8 Å². The third-order valence-electron chi connectivity index (χ3n) is 7.49. The molecule has 2 fully saturated rings. The summed E-state index contributed by atoms with van der Waals surface area (Å²) in [5, 5.41) is 28.8. The number of hydrogen-bond donors (Lipinski definition) is 1. The summed E-state index contributed by atoms with van der Waals surface area (Å²) in [6, 6.07) is 15.6. The summed E-state index contributed by atoms with van der Waals surface area (Å²) < 4.78 is 20.1. The molecule has 2 aliphatic rings. The number of amides is 1. The van der Waals surface area contributed by atoms with Gasteiger partial charge in [-0.3, -0.25) is 9.78 Å². The fourth-order valence-electron chi connectivity index (χ4n) is 5.33. The molecule has 3 aromatic rings. The number of benzene rings is 2. The van der Waals surface area contributed by atoms with E-state index in [9.17, 15) is 19.6 Å². The Morgan fingerprint density at radius 1 is 1.00 bits per heavy atom. The maximum Gasteiger partial charge on any atom is 0.253 e. The number of ether oxygens (including phenoxy) is 1. The Morgan fingerprint density at radius 3 is 2.36 bits per heavy atom. The number of nitrogens with zero attached hydrogens (tertiary/aromatic N) is 5. The van der Waals surface area contributed by atoms with Crippen molar-refractivity contribution in [2.75, 3.05) is 31.1 Å². The van der Waals surface area contributed by atoms with Gasteiger partial charge in [-0.25, -0.2) is 4.39 Å². The molecule has 0 aliphatic carbocycles. The van der Waals surface area contributed by atoms with E-state index < -0.39 is 11.4 Å². The highest BCUT2D eigenvalue weighted by molar-refractivity contribution is 5.85. The van der Waals surface area contributed by atoms with Crippen molar-refractivity contribution < 1.29 is 19.0 Å². The largest absolute Gasteiger partial charge is 0.456 e. The van der Waals surface area contributed by atoms with Gasteiger partial charge in [0.25, 0.3) is 5.91 Å². The zero-order chi connectivity index (χ0) is 27.8. The highest BCUT2D eigenvalue weighted by Gasteiger charge is 2.49. The summed E-state index contributed by atoms with van der Waals surface area (Å²) in [6.45, 7) is 5.89. The van der Waals surface area contributed by atoms with Gasteiger partial charge in [0.1, 0.15) is 35.1 Å². The molecule has 2 saturated heterocycles. The normalized spacial score (nSPS) is 16.3. The topological polar surface area (TPSA) is 113 Å². The zero-order valence-corrected chi connectivity index (χ0v) is 21.8. The number of nitriles is 2. The number of aliphatic hydroxyl groups is 1. The van der Waals surface area contributed by atoms with Gasteiger partial charge >= 0.3 is 0 Å². The predicted molar refractivity (Wildman–Crippen MR) is 142 cm³/mol. The maximum atomic E-state index is 14.1. The van der Waals surface area contributed by atoms with Crippen LogP contribution >= 0.6 is 0 Å². The first-order valence-electron chi connectivity index (χ1n) is 12.7. The molecule has 3 heterocycles. The molecule has 0 radical (unpaired) electrons. The molecule has 0 bridgehead atoms. The van der Waals surface area contributed by atoms with E-state index >= 15 is 0 Å². The summed E-state index contributed by atoms with van der Waals surface area (Å²) >= 11 is 0. The standard InChI is InChI=1S/C30H28FN5O3/c1-29(2,38)28(37)36-18-30(19-36)7-9-35(10-8-30)27-6-5-24(11-22(27)15-33)39-25-12-23(16-34-17-25)20-3-4-21(14-32)26(31)13-20/h3-6,11-13,16-17,38H,7-10,18-19H2,1-2H3. The molecular weight excluding hydrogens is 497 g/mol. The van der Waals surface area contributed by atoms with E-state index in [0.717, 1.165) is 31.6 Å². The van der Waals surface area contributed by atoms with Gasteiger partial charge in [-0.05, 0) is 62.6 Å². The van der Waals surface area contributed by atoms with Crippen LogP contribution in [0.5, 0.6) is 11.5 Å². The third kappa shape index (κ3) is 5.27. The van der Waals surface area contributed by atoms with Gasteiger partial charge in [0.05, 0.1) is 23.0 Å². The number of carbonyl (C=O) groups is 1. The number of halogens is 1. The van der Waals surface area contributed by atoms with E-state index in [1.807, 2.05) is 18.2 Å². The first-order valence-corrected chi connectivity index (χ1v) is 12.7. The van der Waals surface area contributed by atoms with Gasteiger partial charge in [0.15, 0.2) is 0 Å². The highest BCUT2D eigenvalue weighted by atomic mass is 19.1. The number of carbonyl (C=O) groups excluding carboxylic acids is 1. The van der Waals surface area contributed by atoms with Crippen LogP contribution in [-0.2, 0) is 4.79 Å². The molecule has 0 unspecified atom stereocenters. The quantitative estimate of drug-likeness (QED) is 0.517. The fourth-order valence-corrected chi connectivity index (χ4v) is 5.33. The molecule has 0 saturated carbocycles. The number of likely N-dealkylation sites (tertiary alicyclic amines) is 1. The Balaban J connectivity index is 1.25. The van der Waals surface area contributed by atoms with Crippen molar-refractivity contribution in [2.45, 2.75) is 32.3 Å². The third-order valence-corrected chi connectivity index (χ3v) is 7.49. The van der Waals surface area contributed by atoms with Crippen molar-refractivity contribution in [2.24, 2.45) is 5.41 Å². The highest BCUT2D eigenvalue weighted by Crippen LogP contribution is 2.43. The average Bonchev–Trinajstić information content (AvgIpc) is 2.91. The molecule has 1 spiro atoms. The lowest BCUT2D eigenvalue weighted by Crippen LogP contribution is -2.64. The van der Waals surface area contributed by atoms with Crippen molar-refractivity contribution >= 4 is 11.6 Å². The number of anilines is 1. The van der Waals surface area contributed by atoms with E-state index in [4.69, 9.17) is 10.00 Å². The minimum absolute atomic E-state index is 0.0254. The second kappa shape index (κ2) is 10.0. The fraction of sp³-hybridized carbons (Fsp3) is 0.333. The molecule has 198 valence electrons. The summed E-state index contributed by atoms with van der Waals surface area (Å²) in [7, 11) is 0. The summed E-state index contributed by atoms with van der Waals surface area (Å²) in [5.74, 6) is 0.0802. The second-order valence-electron chi connectivity index (χ2n) is 10.8. The zero-order valence-electron chi connectivity index (χ0n) is 21.8. The number of aromatic nitrogens is 1. The van der Waals surface area contributed by atoms with Crippen molar-refractivity contribution in [1.82, 2.24) is 9.88 Å². The Hall–Kier alpha value is -4.47. The number of hydrogen-bond acceptors (Lipinski definition) is 7. The minimum Gasteiger partial charge on any atom is -0.456 e. The molecule has 5 rings (SSSR count). The van der Waals surface area contributed by atoms with Crippen LogP contribution < -0.4 is 9.64 Å². The van der Waals surface area contributed by atoms with Crippen LogP contribution in [0.15, 0.2) is 54.9 Å². The van der Waals surface area contributed by atoms with Gasteiger partial charge in [0, 0.05) is 49.4 Å². The molecule has 2 aromatic carbocycles. The summed E-state index contributed by atoms with van der Waals surface area (Å²) in [6.07, 6.45) is 4.93. The first-order chi connectivity index (χ1) is 18.6. The Morgan fingerprint density at radius 2 is 1.72 bits per heavy atom. The van der Waals surface area contributed by atoms with Gasteiger partial charge < -0.3 is 19.6 Å². The van der Waals surface area contributed by atoms with Crippen LogP contribution in [0.25, 0.3) is 11.1 Å². The van der Waals surface area contributed by atoms with Crippen LogP contribution in [0.2, 0.25) is 0 Å². The van der Waals surface area contributed by atoms with Gasteiger partial charge in [-0.1, -0.05) is 6.07 Å². The Kier molecular flexibility index (Phi) is 6.71. The monoisotopic (exact) mass is 525 g/mol. The van der Waals surface area contributed by atoms with Crippen LogP contribution in [0.1, 0.15) is 37.8 Å². The number of pyridine rings is 1. The van der Waals surface area contributed by atoms with E-state index in [1.54, 1.807) is 29.3 Å². The molecule has 0 atom stereocenters. The number of rotatable bonds is 5. The van der Waals surface area contributed by atoms with Crippen molar-refractivity contribution in [3.05, 3.63) is 71.8 Å². The van der Waals surface area contributed by atoms with Crippen LogP contribution in [0, 0.1) is 33.9 Å². The average molecular weight is 526 g/mol. The lowest BCUT2D eigenvalue weighted by atomic mass is 9.71. The SMILES string of the molecule is CC(C)(O)C(=O)N1CC2(CCN(c3ccc(Oc4cncc(-c5ccc(C#N)c(F)c5)c4)cc3C#N)CC2)C1. The molecule has 8 nitrogen and oxygen atoms in total. The maximum absolute atomic E-state index is 14.1.